The van der Waals surface area contributed by atoms with Gasteiger partial charge in [-0.05, 0) is 31.0 Å². The van der Waals surface area contributed by atoms with Crippen molar-refractivity contribution in [3.8, 4) is 0 Å². The molecule has 1 unspecified atom stereocenters. The monoisotopic (exact) mass is 342 g/mol. The number of hydrogen-bond acceptors (Lipinski definition) is 3. The number of nitrogens with one attached hydrogen (secondary N) is 1. The molecule has 7 heteroatoms. The third kappa shape index (κ3) is 2.88. The van der Waals surface area contributed by atoms with Gasteiger partial charge in [0, 0.05) is 24.7 Å². The van der Waals surface area contributed by atoms with Gasteiger partial charge in [-0.25, -0.2) is 9.59 Å². The fourth-order valence-corrected chi connectivity index (χ4v) is 3.04. The second-order valence-corrected chi connectivity index (χ2v) is 7.14. The second kappa shape index (κ2) is 5.63. The first-order valence-corrected chi connectivity index (χ1v) is 7.85. The Labute approximate surface area is 138 Å². The summed E-state index contributed by atoms with van der Waals surface area (Å²) in [5.74, 6) is -0.428. The minimum Gasteiger partial charge on any atom is -0.462 e. The second-order valence-electron chi connectivity index (χ2n) is 5.59. The van der Waals surface area contributed by atoms with Gasteiger partial charge in [0.1, 0.15) is 4.33 Å². The normalized spacial score (nSPS) is 22.4. The van der Waals surface area contributed by atoms with E-state index in [-0.39, 0.29) is 18.6 Å². The quantitative estimate of drug-likeness (QED) is 0.676. The smallest absolute Gasteiger partial charge is 0.338 e. The first kappa shape index (κ1) is 15.4. The van der Waals surface area contributed by atoms with Crippen molar-refractivity contribution in [3.63, 3.8) is 0 Å². The topological polar surface area (TPSA) is 58.6 Å². The van der Waals surface area contributed by atoms with Gasteiger partial charge in [0.15, 0.2) is 0 Å². The van der Waals surface area contributed by atoms with E-state index in [4.69, 9.17) is 27.9 Å². The van der Waals surface area contributed by atoms with Crippen molar-refractivity contribution in [3.05, 3.63) is 29.3 Å². The molecule has 1 aliphatic heterocycles. The summed E-state index contributed by atoms with van der Waals surface area (Å²) in [5.41, 5.74) is 1.90. The Morgan fingerprint density at radius 1 is 1.50 bits per heavy atom. The lowest BCUT2D eigenvalue weighted by molar-refractivity contribution is 0.0484. The lowest BCUT2D eigenvalue weighted by Crippen LogP contribution is -2.28. The molecule has 118 valence electrons. The summed E-state index contributed by atoms with van der Waals surface area (Å²) >= 11 is 11.8. The fraction of sp³-hybridized carbons (Fsp3) is 0.467. The molecule has 0 bridgehead atoms. The van der Waals surface area contributed by atoms with Gasteiger partial charge in [0.25, 0.3) is 0 Å². The van der Waals surface area contributed by atoms with Crippen LogP contribution in [0.25, 0.3) is 0 Å². The van der Waals surface area contributed by atoms with E-state index in [1.165, 1.54) is 0 Å². The number of nitrogens with zero attached hydrogens (tertiary/aromatic N) is 1. The number of anilines is 1. The Morgan fingerprint density at radius 3 is 2.82 bits per heavy atom. The van der Waals surface area contributed by atoms with Crippen molar-refractivity contribution in [1.29, 1.82) is 0 Å². The molecule has 5 nitrogen and oxygen atoms in total. The number of alkyl halides is 2. The lowest BCUT2D eigenvalue weighted by atomic mass is 10.1. The molecule has 0 spiro atoms. The third-order valence-corrected chi connectivity index (χ3v) is 4.97. The van der Waals surface area contributed by atoms with Crippen LogP contribution >= 0.6 is 23.2 Å². The van der Waals surface area contributed by atoms with Crippen LogP contribution in [0.4, 0.5) is 10.5 Å². The number of carbonyl (C=O) groups is 2. The Balaban J connectivity index is 1.73. The molecule has 1 N–H and O–H groups in total. The average Bonchev–Trinajstić information content (AvgIpc) is 2.87. The minimum absolute atomic E-state index is 0.00682. The van der Waals surface area contributed by atoms with Gasteiger partial charge >= 0.3 is 12.0 Å². The largest absolute Gasteiger partial charge is 0.462 e. The van der Waals surface area contributed by atoms with Crippen LogP contribution in [0.2, 0.25) is 0 Å². The van der Waals surface area contributed by atoms with Gasteiger partial charge < -0.3 is 10.1 Å². The van der Waals surface area contributed by atoms with Gasteiger partial charge in [0.2, 0.25) is 0 Å². The predicted octanol–water partition coefficient (Wildman–Crippen LogP) is 2.88. The van der Waals surface area contributed by atoms with Crippen molar-refractivity contribution in [2.24, 2.45) is 5.92 Å². The van der Waals surface area contributed by atoms with Crippen LogP contribution in [-0.2, 0) is 4.74 Å². The lowest BCUT2D eigenvalue weighted by Gasteiger charge is -2.18. The molecule has 1 aromatic rings. The fourth-order valence-electron chi connectivity index (χ4n) is 2.54. The first-order chi connectivity index (χ1) is 10.4. The van der Waals surface area contributed by atoms with E-state index < -0.39 is 10.3 Å². The maximum Gasteiger partial charge on any atom is 0.338 e. The van der Waals surface area contributed by atoms with Crippen molar-refractivity contribution < 1.29 is 14.3 Å². The number of rotatable bonds is 4. The summed E-state index contributed by atoms with van der Waals surface area (Å²) in [6.07, 6.45) is 0.635. The van der Waals surface area contributed by atoms with Crippen LogP contribution in [0.1, 0.15) is 22.3 Å². The van der Waals surface area contributed by atoms with Gasteiger partial charge in [-0.3, -0.25) is 4.90 Å². The first-order valence-electron chi connectivity index (χ1n) is 7.10. The van der Waals surface area contributed by atoms with Crippen LogP contribution in [-0.4, -0.2) is 36.0 Å². The molecule has 1 saturated heterocycles. The van der Waals surface area contributed by atoms with Gasteiger partial charge in [0.05, 0.1) is 12.2 Å². The van der Waals surface area contributed by atoms with Crippen molar-refractivity contribution in [2.45, 2.75) is 17.7 Å². The Bertz CT molecular complexity index is 633. The zero-order chi connectivity index (χ0) is 15.9. The van der Waals surface area contributed by atoms with E-state index in [0.29, 0.717) is 25.1 Å². The third-order valence-electron chi connectivity index (χ3n) is 4.04. The van der Waals surface area contributed by atoms with Gasteiger partial charge in [-0.2, -0.15) is 0 Å². The summed E-state index contributed by atoms with van der Waals surface area (Å²) < 4.78 is 4.53. The average molecular weight is 343 g/mol. The van der Waals surface area contributed by atoms with Crippen LogP contribution in [0.15, 0.2) is 18.2 Å². The molecular formula is C15H16Cl2N2O3. The molecule has 0 aromatic heterocycles. The molecule has 1 atom stereocenters. The molecule has 3 rings (SSSR count). The summed E-state index contributed by atoms with van der Waals surface area (Å²) in [7, 11) is 0. The highest BCUT2D eigenvalue weighted by Gasteiger charge is 2.52. The predicted molar refractivity (Wildman–Crippen MR) is 84.8 cm³/mol. The van der Waals surface area contributed by atoms with Crippen LogP contribution < -0.4 is 10.2 Å². The molecule has 2 fully saturated rings. The molecule has 1 aliphatic carbocycles. The zero-order valence-corrected chi connectivity index (χ0v) is 13.6. The zero-order valence-electron chi connectivity index (χ0n) is 12.1. The van der Waals surface area contributed by atoms with E-state index in [9.17, 15) is 9.59 Å². The molecule has 2 amide bonds. The summed E-state index contributed by atoms with van der Waals surface area (Å²) in [5, 5.41) is 2.74. The highest BCUT2D eigenvalue weighted by atomic mass is 35.5. The minimum atomic E-state index is -0.759. The van der Waals surface area contributed by atoms with Gasteiger partial charge in [-0.15, -0.1) is 23.2 Å². The molecular weight excluding hydrogens is 327 g/mol. The van der Waals surface area contributed by atoms with Crippen molar-refractivity contribution in [1.82, 2.24) is 5.32 Å². The van der Waals surface area contributed by atoms with Crippen LogP contribution in [0, 0.1) is 12.8 Å². The SMILES string of the molecule is Cc1c(C(=O)OCC2CC2(Cl)Cl)cccc1N1CCNC1=O. The molecule has 2 aliphatic rings. The van der Waals surface area contributed by atoms with E-state index in [0.717, 1.165) is 11.3 Å². The van der Waals surface area contributed by atoms with Gasteiger partial charge in [-0.1, -0.05) is 6.07 Å². The molecule has 1 aromatic carbocycles. The Hall–Kier alpha value is -1.46. The molecule has 1 saturated carbocycles. The highest BCUT2D eigenvalue weighted by molar-refractivity contribution is 6.50. The Kier molecular flexibility index (Phi) is 3.95. The van der Waals surface area contributed by atoms with Crippen LogP contribution in [0.5, 0.6) is 0 Å². The summed E-state index contributed by atoms with van der Waals surface area (Å²) in [4.78, 5) is 25.6. The summed E-state index contributed by atoms with van der Waals surface area (Å²) in [6.45, 7) is 3.20. The number of carbonyl (C=O) groups excluding carboxylic acids is 2. The molecule has 1 heterocycles. The van der Waals surface area contributed by atoms with E-state index in [1.54, 1.807) is 17.0 Å². The number of benzene rings is 1. The van der Waals surface area contributed by atoms with E-state index in [1.807, 2.05) is 13.0 Å². The van der Waals surface area contributed by atoms with E-state index in [2.05, 4.69) is 5.32 Å². The summed E-state index contributed by atoms with van der Waals surface area (Å²) in [6, 6.07) is 5.10. The molecule has 0 radical (unpaired) electrons. The number of halogens is 2. The maximum atomic E-state index is 12.2. The van der Waals surface area contributed by atoms with Crippen molar-refractivity contribution >= 4 is 40.9 Å². The van der Waals surface area contributed by atoms with E-state index >= 15 is 0 Å². The Morgan fingerprint density at radius 2 is 2.23 bits per heavy atom. The number of amides is 2. The highest BCUT2D eigenvalue weighted by Crippen LogP contribution is 2.53. The number of ether oxygens (including phenoxy) is 1. The number of esters is 1. The molecule has 22 heavy (non-hydrogen) atoms. The van der Waals surface area contributed by atoms with Crippen LogP contribution in [0.3, 0.4) is 0 Å². The number of urea groups is 1. The van der Waals surface area contributed by atoms with Crippen molar-refractivity contribution in [2.75, 3.05) is 24.6 Å². The number of hydrogen-bond donors (Lipinski definition) is 1. The standard InChI is InChI=1S/C15H16Cl2N2O3/c1-9-11(13(20)22-8-10-7-15(10,16)17)3-2-4-12(9)19-6-5-18-14(19)21/h2-4,10H,5-8H2,1H3,(H,18,21). The maximum absolute atomic E-state index is 12.2.